The molecule has 0 aliphatic carbocycles. The number of benzene rings is 3. The molecule has 1 atom stereocenters. The summed E-state index contributed by atoms with van der Waals surface area (Å²) in [6, 6.07) is 19.9. The highest BCUT2D eigenvalue weighted by Gasteiger charge is 2.35. The number of anilines is 1. The summed E-state index contributed by atoms with van der Waals surface area (Å²) in [5.41, 5.74) is 2.76. The Balaban J connectivity index is 1.88. The molecule has 3 aromatic carbocycles. The molecule has 6 nitrogen and oxygen atoms in total. The van der Waals surface area contributed by atoms with Crippen LogP contribution in [0.1, 0.15) is 27.5 Å². The van der Waals surface area contributed by atoms with Gasteiger partial charge >= 0.3 is 0 Å². The van der Waals surface area contributed by atoms with Gasteiger partial charge in [0.25, 0.3) is 5.91 Å². The second kappa shape index (κ2) is 8.81. The van der Waals surface area contributed by atoms with Gasteiger partial charge in [0.2, 0.25) is 5.91 Å². The molecule has 0 aromatic heterocycles. The summed E-state index contributed by atoms with van der Waals surface area (Å²) in [6.07, 6.45) is 0. The molecule has 0 fully saturated rings. The van der Waals surface area contributed by atoms with E-state index in [1.54, 1.807) is 30.2 Å². The molecular formula is C24H21BrN2O4. The summed E-state index contributed by atoms with van der Waals surface area (Å²) >= 11 is 3.52. The third kappa shape index (κ3) is 4.14. The van der Waals surface area contributed by atoms with Crippen LogP contribution in [0.2, 0.25) is 0 Å². The molecule has 2 amide bonds. The van der Waals surface area contributed by atoms with Crippen molar-refractivity contribution in [1.29, 1.82) is 0 Å². The van der Waals surface area contributed by atoms with Crippen LogP contribution in [0.25, 0.3) is 0 Å². The zero-order valence-corrected chi connectivity index (χ0v) is 18.7. The van der Waals surface area contributed by atoms with Crippen LogP contribution in [-0.4, -0.2) is 37.5 Å². The molecule has 7 heteroatoms. The van der Waals surface area contributed by atoms with E-state index in [0.29, 0.717) is 22.7 Å². The number of amides is 2. The maximum absolute atomic E-state index is 13.8. The Labute approximate surface area is 188 Å². The third-order valence-electron chi connectivity index (χ3n) is 5.22. The van der Waals surface area contributed by atoms with Crippen molar-refractivity contribution in [2.24, 2.45) is 0 Å². The lowest BCUT2D eigenvalue weighted by molar-refractivity contribution is -0.117. The first kappa shape index (κ1) is 20.9. The largest absolute Gasteiger partial charge is 0.497 e. The van der Waals surface area contributed by atoms with Gasteiger partial charge in [-0.1, -0.05) is 46.3 Å². The molecule has 3 aromatic rings. The summed E-state index contributed by atoms with van der Waals surface area (Å²) in [5.74, 6) is 0.394. The monoisotopic (exact) mass is 480 g/mol. The minimum absolute atomic E-state index is 0.0973. The highest BCUT2D eigenvalue weighted by Crippen LogP contribution is 2.39. The van der Waals surface area contributed by atoms with Crippen molar-refractivity contribution in [1.82, 2.24) is 4.90 Å². The van der Waals surface area contributed by atoms with E-state index in [1.165, 1.54) is 7.11 Å². The molecule has 0 radical (unpaired) electrons. The maximum Gasteiger partial charge on any atom is 0.258 e. The van der Waals surface area contributed by atoms with Gasteiger partial charge in [0.05, 0.1) is 25.8 Å². The lowest BCUT2D eigenvalue weighted by atomic mass is 9.95. The quantitative estimate of drug-likeness (QED) is 0.589. The van der Waals surface area contributed by atoms with Crippen LogP contribution in [0.4, 0.5) is 5.69 Å². The molecule has 1 heterocycles. The van der Waals surface area contributed by atoms with E-state index in [0.717, 1.165) is 15.6 Å². The average molecular weight is 481 g/mol. The van der Waals surface area contributed by atoms with E-state index in [9.17, 15) is 9.59 Å². The molecule has 31 heavy (non-hydrogen) atoms. The number of carbonyl (C=O) groups is 2. The second-order valence-corrected chi connectivity index (χ2v) is 8.01. The van der Waals surface area contributed by atoms with Crippen molar-refractivity contribution in [3.05, 3.63) is 87.9 Å². The van der Waals surface area contributed by atoms with E-state index < -0.39 is 6.04 Å². The van der Waals surface area contributed by atoms with Crippen LogP contribution >= 0.6 is 15.9 Å². The van der Waals surface area contributed by atoms with Gasteiger partial charge < -0.3 is 19.7 Å². The Morgan fingerprint density at radius 3 is 2.52 bits per heavy atom. The Morgan fingerprint density at radius 2 is 1.81 bits per heavy atom. The number of nitrogens with one attached hydrogen (secondary N) is 1. The van der Waals surface area contributed by atoms with Crippen LogP contribution in [0, 0.1) is 0 Å². The van der Waals surface area contributed by atoms with Crippen LogP contribution in [-0.2, 0) is 4.79 Å². The summed E-state index contributed by atoms with van der Waals surface area (Å²) in [4.78, 5) is 28.1. The van der Waals surface area contributed by atoms with Crippen molar-refractivity contribution >= 4 is 33.4 Å². The Hall–Kier alpha value is -3.32. The predicted octanol–water partition coefficient (Wildman–Crippen LogP) is 4.65. The number of nitrogens with zero attached hydrogens (tertiary/aromatic N) is 1. The molecule has 0 spiro atoms. The Bertz CT molecular complexity index is 1130. The van der Waals surface area contributed by atoms with Gasteiger partial charge in [-0.05, 0) is 35.9 Å². The number of halogens is 1. The van der Waals surface area contributed by atoms with Crippen LogP contribution < -0.4 is 14.8 Å². The third-order valence-corrected chi connectivity index (χ3v) is 5.72. The van der Waals surface area contributed by atoms with Crippen LogP contribution in [0.3, 0.4) is 0 Å². The molecule has 0 unspecified atom stereocenters. The Kier molecular flexibility index (Phi) is 5.95. The first-order valence-electron chi connectivity index (χ1n) is 9.69. The summed E-state index contributed by atoms with van der Waals surface area (Å²) < 4.78 is 11.6. The normalized spacial score (nSPS) is 15.5. The summed E-state index contributed by atoms with van der Waals surface area (Å²) in [7, 11) is 3.05. The first-order valence-corrected chi connectivity index (χ1v) is 10.5. The molecule has 0 saturated heterocycles. The topological polar surface area (TPSA) is 67.9 Å². The summed E-state index contributed by atoms with van der Waals surface area (Å²) in [5, 5.41) is 2.93. The average Bonchev–Trinajstić information content (AvgIpc) is 2.94. The van der Waals surface area contributed by atoms with Gasteiger partial charge in [-0.2, -0.15) is 0 Å². The van der Waals surface area contributed by atoms with Crippen molar-refractivity contribution in [2.45, 2.75) is 6.04 Å². The number of carbonyl (C=O) groups excluding carboxylic acids is 2. The SMILES string of the molecule is COc1ccc(C(=O)N2CC(=O)Nc3ccc(Br)cc3[C@H]2c2ccccc2)c(OC)c1. The minimum atomic E-state index is -0.466. The van der Waals surface area contributed by atoms with Gasteiger partial charge in [-0.25, -0.2) is 0 Å². The molecular weight excluding hydrogens is 460 g/mol. The van der Waals surface area contributed by atoms with Gasteiger partial charge in [0, 0.05) is 21.8 Å². The fraction of sp³-hybridized carbons (Fsp3) is 0.167. The molecule has 4 rings (SSSR count). The van der Waals surface area contributed by atoms with Crippen LogP contribution in [0.5, 0.6) is 11.5 Å². The van der Waals surface area contributed by atoms with Gasteiger partial charge in [-0.3, -0.25) is 9.59 Å². The fourth-order valence-electron chi connectivity index (χ4n) is 3.79. The molecule has 0 saturated carbocycles. The predicted molar refractivity (Wildman–Crippen MR) is 122 cm³/mol. The van der Waals surface area contributed by atoms with E-state index in [1.807, 2.05) is 48.5 Å². The number of methoxy groups -OCH3 is 2. The van der Waals surface area contributed by atoms with E-state index in [2.05, 4.69) is 21.2 Å². The molecule has 1 aliphatic rings. The standard InChI is InChI=1S/C24H21BrN2O4/c1-30-17-9-10-18(21(13-17)31-2)24(29)27-14-22(28)26-20-11-8-16(25)12-19(20)23(27)15-6-4-3-5-7-15/h3-13,23H,14H2,1-2H3,(H,26,28)/t23-/m1/s1. The van der Waals surface area contributed by atoms with Crippen molar-refractivity contribution in [3.8, 4) is 11.5 Å². The van der Waals surface area contributed by atoms with Crippen LogP contribution in [0.15, 0.2) is 71.2 Å². The number of ether oxygens (including phenoxy) is 2. The minimum Gasteiger partial charge on any atom is -0.497 e. The fourth-order valence-corrected chi connectivity index (χ4v) is 4.17. The van der Waals surface area contributed by atoms with Gasteiger partial charge in [-0.15, -0.1) is 0 Å². The number of hydrogen-bond acceptors (Lipinski definition) is 4. The van der Waals surface area contributed by atoms with Crippen molar-refractivity contribution in [3.63, 3.8) is 0 Å². The van der Waals surface area contributed by atoms with Crippen molar-refractivity contribution < 1.29 is 19.1 Å². The first-order chi connectivity index (χ1) is 15.0. The number of hydrogen-bond donors (Lipinski definition) is 1. The lowest BCUT2D eigenvalue weighted by Gasteiger charge is -2.31. The molecule has 1 aliphatic heterocycles. The highest BCUT2D eigenvalue weighted by molar-refractivity contribution is 9.10. The van der Waals surface area contributed by atoms with Crippen molar-refractivity contribution in [2.75, 3.05) is 26.1 Å². The second-order valence-electron chi connectivity index (χ2n) is 7.09. The Morgan fingerprint density at radius 1 is 1.03 bits per heavy atom. The highest BCUT2D eigenvalue weighted by atomic mass is 79.9. The van der Waals surface area contributed by atoms with Gasteiger partial charge in [0.15, 0.2) is 0 Å². The number of rotatable bonds is 4. The number of fused-ring (bicyclic) bond motifs is 1. The van der Waals surface area contributed by atoms with E-state index in [-0.39, 0.29) is 18.4 Å². The smallest absolute Gasteiger partial charge is 0.258 e. The maximum atomic E-state index is 13.8. The molecule has 1 N–H and O–H groups in total. The lowest BCUT2D eigenvalue weighted by Crippen LogP contribution is -2.39. The van der Waals surface area contributed by atoms with E-state index >= 15 is 0 Å². The molecule has 158 valence electrons. The zero-order chi connectivity index (χ0) is 22.0. The zero-order valence-electron chi connectivity index (χ0n) is 17.1. The van der Waals surface area contributed by atoms with E-state index in [4.69, 9.17) is 9.47 Å². The molecule has 0 bridgehead atoms. The van der Waals surface area contributed by atoms with Gasteiger partial charge in [0.1, 0.15) is 18.0 Å². The summed E-state index contributed by atoms with van der Waals surface area (Å²) in [6.45, 7) is -0.0973.